The number of aromatic hydroxyl groups is 2. The Morgan fingerprint density at radius 2 is 1.26 bits per heavy atom. The maximum atomic E-state index is 8.95. The second-order valence-electron chi connectivity index (χ2n) is 4.17. The molecule has 3 N–H and O–H groups in total. The van der Waals surface area contributed by atoms with Gasteiger partial charge >= 0.3 is 36.9 Å². The zero-order valence-electron chi connectivity index (χ0n) is 13.2. The minimum atomic E-state index is -1.08. The van der Waals surface area contributed by atoms with Crippen molar-refractivity contribution < 1.29 is 55.5 Å². The Kier molecular flexibility index (Phi) is 12.8. The average Bonchev–Trinajstić information content (AvgIpc) is 2.21. The number of phenolic OH excluding ortho intramolecular Hbond substituents is 2. The van der Waals surface area contributed by atoms with Gasteiger partial charge in [-0.2, -0.15) is 0 Å². The Labute approximate surface area is 138 Å². The van der Waals surface area contributed by atoms with Crippen molar-refractivity contribution in [2.45, 2.75) is 39.9 Å². The molecule has 0 atom stereocenters. The van der Waals surface area contributed by atoms with E-state index < -0.39 is 7.32 Å². The van der Waals surface area contributed by atoms with Crippen molar-refractivity contribution in [2.24, 2.45) is 0 Å². The first-order valence-corrected chi connectivity index (χ1v) is 5.78. The van der Waals surface area contributed by atoms with Crippen molar-refractivity contribution in [3.05, 3.63) is 24.3 Å². The van der Waals surface area contributed by atoms with E-state index in [1.54, 1.807) is 12.1 Å². The minimum Gasteiger partial charge on any atom is -1.00 e. The fraction of sp³-hybridized carbons (Fsp3) is 0.500. The largest absolute Gasteiger partial charge is 1.00 e. The van der Waals surface area contributed by atoms with Crippen LogP contribution in [0.4, 0.5) is 0 Å². The van der Waals surface area contributed by atoms with Gasteiger partial charge < -0.3 is 26.0 Å². The zero-order chi connectivity index (χ0) is 14.1. The van der Waals surface area contributed by atoms with Gasteiger partial charge in [-0.05, 0) is 39.8 Å². The van der Waals surface area contributed by atoms with Gasteiger partial charge in [0.1, 0.15) is 0 Å². The van der Waals surface area contributed by atoms with E-state index in [1.807, 2.05) is 27.7 Å². The number of rotatable bonds is 4. The van der Waals surface area contributed by atoms with Crippen LogP contribution in [0.15, 0.2) is 24.3 Å². The molecule has 0 bridgehead atoms. The molecule has 5 nitrogen and oxygen atoms in total. The number of hydrogen-bond acceptors (Lipinski definition) is 5. The van der Waals surface area contributed by atoms with E-state index in [0.717, 1.165) is 0 Å². The van der Waals surface area contributed by atoms with E-state index in [2.05, 4.69) is 0 Å². The van der Waals surface area contributed by atoms with Gasteiger partial charge in [-0.25, -0.2) is 0 Å². The summed E-state index contributed by atoms with van der Waals surface area (Å²) in [6, 6.07) is 6.15. The zero-order valence-corrected chi connectivity index (χ0v) is 14.2. The molecule has 0 saturated heterocycles. The molecule has 0 amide bonds. The van der Waals surface area contributed by atoms with E-state index in [9.17, 15) is 0 Å². The predicted octanol–water partition coefficient (Wildman–Crippen LogP) is -0.972. The fourth-order valence-corrected chi connectivity index (χ4v) is 0.962. The van der Waals surface area contributed by atoms with E-state index in [4.69, 9.17) is 24.5 Å². The van der Waals surface area contributed by atoms with Crippen molar-refractivity contribution in [3.63, 3.8) is 0 Å². The summed E-state index contributed by atoms with van der Waals surface area (Å²) in [5.74, 6) is -0.153. The number of hydrogen-bond donors (Lipinski definition) is 3. The Balaban J connectivity index is -0.000000266. The van der Waals surface area contributed by atoms with Crippen LogP contribution in [0.5, 0.6) is 11.5 Å². The Hall–Kier alpha value is -0.235. The van der Waals surface area contributed by atoms with Gasteiger partial charge in [0.2, 0.25) is 0 Å². The van der Waals surface area contributed by atoms with Gasteiger partial charge in [-0.3, -0.25) is 0 Å². The third kappa shape index (κ3) is 12.5. The van der Waals surface area contributed by atoms with Gasteiger partial charge in [0, 0.05) is 12.2 Å². The molecule has 0 aliphatic heterocycles. The van der Waals surface area contributed by atoms with Crippen LogP contribution < -0.4 is 29.6 Å². The summed E-state index contributed by atoms with van der Waals surface area (Å²) < 4.78 is 9.79. The first kappa shape index (κ1) is 21.1. The molecule has 1 rings (SSSR count). The molecule has 19 heavy (non-hydrogen) atoms. The minimum absolute atomic E-state index is 0. The second kappa shape index (κ2) is 11.6. The Morgan fingerprint density at radius 1 is 0.947 bits per heavy atom. The maximum absolute atomic E-state index is 8.95. The normalized spacial score (nSPS) is 9.63. The molecule has 104 valence electrons. The first-order chi connectivity index (χ1) is 8.32. The molecule has 7 heteroatoms. The smallest absolute Gasteiger partial charge is 1.00 e. The van der Waals surface area contributed by atoms with Crippen molar-refractivity contribution in [1.82, 2.24) is 0 Å². The van der Waals surface area contributed by atoms with E-state index in [1.165, 1.54) is 12.1 Å². The van der Waals surface area contributed by atoms with Crippen LogP contribution in [-0.2, 0) is 9.31 Å². The molecular formula is C12H22BNaO5. The molecule has 0 aliphatic rings. The van der Waals surface area contributed by atoms with Crippen LogP contribution in [-0.4, -0.2) is 34.8 Å². The molecular weight excluding hydrogens is 258 g/mol. The topological polar surface area (TPSA) is 79.2 Å². The number of benzene rings is 1. The summed E-state index contributed by atoms with van der Waals surface area (Å²) in [6.45, 7) is 7.36. The first-order valence-electron chi connectivity index (χ1n) is 5.78. The summed E-state index contributed by atoms with van der Waals surface area (Å²) in [5, 5.41) is 26.3. The predicted molar refractivity (Wildman–Crippen MR) is 71.3 cm³/mol. The summed E-state index contributed by atoms with van der Waals surface area (Å²) >= 11 is 0. The Bertz CT molecular complexity index is 310. The summed E-state index contributed by atoms with van der Waals surface area (Å²) in [7, 11) is -1.08. The van der Waals surface area contributed by atoms with Gasteiger partial charge in [0.05, 0.1) is 0 Å². The van der Waals surface area contributed by atoms with Crippen LogP contribution in [0.25, 0.3) is 0 Å². The van der Waals surface area contributed by atoms with Crippen LogP contribution in [0.3, 0.4) is 0 Å². The summed E-state index contributed by atoms with van der Waals surface area (Å²) in [4.78, 5) is 0. The van der Waals surface area contributed by atoms with Crippen molar-refractivity contribution in [2.75, 3.05) is 0 Å². The molecule has 0 saturated carbocycles. The molecule has 0 radical (unpaired) electrons. The van der Waals surface area contributed by atoms with Crippen LogP contribution in [0, 0.1) is 0 Å². The molecule has 0 heterocycles. The molecule has 0 fully saturated rings. The molecule has 0 spiro atoms. The van der Waals surface area contributed by atoms with Gasteiger partial charge in [-0.15, -0.1) is 0 Å². The van der Waals surface area contributed by atoms with Gasteiger partial charge in [0.25, 0.3) is 0 Å². The van der Waals surface area contributed by atoms with E-state index >= 15 is 0 Å². The summed E-state index contributed by atoms with van der Waals surface area (Å²) in [6.07, 6.45) is -0.0116. The van der Waals surface area contributed by atoms with Crippen LogP contribution >= 0.6 is 0 Å². The molecule has 0 unspecified atom stereocenters. The van der Waals surface area contributed by atoms with E-state index in [-0.39, 0.29) is 54.7 Å². The number of phenols is 2. The van der Waals surface area contributed by atoms with Crippen molar-refractivity contribution in [1.29, 1.82) is 0 Å². The molecule has 1 aromatic rings. The van der Waals surface area contributed by atoms with Crippen LogP contribution in [0.2, 0.25) is 0 Å². The van der Waals surface area contributed by atoms with Crippen LogP contribution in [0.1, 0.15) is 29.1 Å². The van der Waals surface area contributed by atoms with Crippen molar-refractivity contribution in [3.8, 4) is 11.5 Å². The van der Waals surface area contributed by atoms with E-state index in [0.29, 0.717) is 0 Å². The van der Waals surface area contributed by atoms with Gasteiger partial charge in [0.15, 0.2) is 11.5 Å². The molecule has 0 aromatic heterocycles. The average molecular weight is 280 g/mol. The monoisotopic (exact) mass is 280 g/mol. The number of para-hydroxylation sites is 2. The second-order valence-corrected chi connectivity index (χ2v) is 4.17. The SMILES string of the molecule is CC(C)OB(O)OC(C)C.Oc1ccccc1O.[H-].[Na+]. The van der Waals surface area contributed by atoms with Crippen molar-refractivity contribution >= 4 is 7.32 Å². The Morgan fingerprint density at radius 3 is 1.47 bits per heavy atom. The standard InChI is InChI=1S/C6H15BO3.C6H6O2.Na.H/c1-5(2)9-7(8)10-6(3)4;7-5-3-1-2-4-6(5)8;;/h5-6,8H,1-4H3;1-4,7-8H;;/q;;+1;-1. The quantitative estimate of drug-likeness (QED) is 0.488. The molecule has 0 aliphatic carbocycles. The fourth-order valence-electron chi connectivity index (χ4n) is 0.962. The summed E-state index contributed by atoms with van der Waals surface area (Å²) in [5.41, 5.74) is 0. The van der Waals surface area contributed by atoms with Gasteiger partial charge in [-0.1, -0.05) is 12.1 Å². The molecule has 1 aromatic carbocycles. The third-order valence-corrected chi connectivity index (χ3v) is 1.66. The maximum Gasteiger partial charge on any atom is 1.00 e. The third-order valence-electron chi connectivity index (χ3n) is 1.66.